The summed E-state index contributed by atoms with van der Waals surface area (Å²) in [6.07, 6.45) is 0.883. The number of benzene rings is 2. The Morgan fingerprint density at radius 3 is 2.50 bits per heavy atom. The molecule has 4 rings (SSSR count). The molecule has 2 heterocycles. The van der Waals surface area contributed by atoms with Gasteiger partial charge in [-0.1, -0.05) is 58.0 Å². The molecule has 0 radical (unpaired) electrons. The Balaban J connectivity index is 1.74. The van der Waals surface area contributed by atoms with Crippen molar-refractivity contribution in [1.29, 1.82) is 0 Å². The molecule has 0 amide bonds. The van der Waals surface area contributed by atoms with E-state index in [1.807, 2.05) is 18.2 Å². The second-order valence-electron chi connectivity index (χ2n) is 8.79. The molecule has 0 aliphatic carbocycles. The van der Waals surface area contributed by atoms with Gasteiger partial charge in [-0.25, -0.2) is 0 Å². The number of aromatic amines is 1. The average molecular weight is 347 g/mol. The summed E-state index contributed by atoms with van der Waals surface area (Å²) in [5, 5.41) is 14.4. The van der Waals surface area contributed by atoms with E-state index in [-0.39, 0.29) is 10.8 Å². The van der Waals surface area contributed by atoms with Gasteiger partial charge in [-0.15, -0.1) is 0 Å². The number of nitrogens with one attached hydrogen (secondary N) is 1. The first-order valence-electron chi connectivity index (χ1n) is 9.08. The summed E-state index contributed by atoms with van der Waals surface area (Å²) in [5.41, 5.74) is 5.23. The third kappa shape index (κ3) is 2.79. The minimum Gasteiger partial charge on any atom is -0.356 e. The molecule has 2 aromatic heterocycles. The highest BCUT2D eigenvalue weighted by atomic mass is 16.5. The first kappa shape index (κ1) is 16.8. The molecule has 4 aromatic rings. The average Bonchev–Trinajstić information content (AvgIpc) is 3.18. The SMILES string of the molecule is CC(C)(C)c1[nH]nc2ccc(CC(C)(C)c3noc4ccccc34)cc12. The van der Waals surface area contributed by atoms with Gasteiger partial charge in [-0.3, -0.25) is 5.10 Å². The summed E-state index contributed by atoms with van der Waals surface area (Å²) < 4.78 is 5.53. The highest BCUT2D eigenvalue weighted by Gasteiger charge is 2.28. The smallest absolute Gasteiger partial charge is 0.167 e. The second-order valence-corrected chi connectivity index (χ2v) is 8.79. The molecule has 0 unspecified atom stereocenters. The van der Waals surface area contributed by atoms with E-state index < -0.39 is 0 Å². The van der Waals surface area contributed by atoms with Crippen LogP contribution in [0.3, 0.4) is 0 Å². The van der Waals surface area contributed by atoms with E-state index in [0.29, 0.717) is 0 Å². The summed E-state index contributed by atoms with van der Waals surface area (Å²) in [5.74, 6) is 0. The lowest BCUT2D eigenvalue weighted by Gasteiger charge is -2.23. The number of hydrogen-bond acceptors (Lipinski definition) is 3. The van der Waals surface area contributed by atoms with Crippen molar-refractivity contribution in [1.82, 2.24) is 15.4 Å². The molecule has 0 spiro atoms. The topological polar surface area (TPSA) is 54.7 Å². The largest absolute Gasteiger partial charge is 0.356 e. The summed E-state index contributed by atoms with van der Waals surface area (Å²) in [4.78, 5) is 0. The van der Waals surface area contributed by atoms with E-state index in [1.54, 1.807) is 0 Å². The molecule has 4 nitrogen and oxygen atoms in total. The van der Waals surface area contributed by atoms with Gasteiger partial charge in [0.2, 0.25) is 0 Å². The van der Waals surface area contributed by atoms with Crippen LogP contribution in [0.2, 0.25) is 0 Å². The molecule has 0 saturated heterocycles. The van der Waals surface area contributed by atoms with Gasteiger partial charge >= 0.3 is 0 Å². The lowest BCUT2D eigenvalue weighted by Crippen LogP contribution is -2.21. The van der Waals surface area contributed by atoms with E-state index in [1.165, 1.54) is 16.6 Å². The number of hydrogen-bond donors (Lipinski definition) is 1. The number of nitrogens with zero attached hydrogens (tertiary/aromatic N) is 2. The van der Waals surface area contributed by atoms with Crippen LogP contribution in [0.5, 0.6) is 0 Å². The van der Waals surface area contributed by atoms with Crippen LogP contribution < -0.4 is 0 Å². The zero-order chi connectivity index (χ0) is 18.5. The maximum atomic E-state index is 5.53. The van der Waals surface area contributed by atoms with E-state index in [0.717, 1.165) is 28.6 Å². The lowest BCUT2D eigenvalue weighted by molar-refractivity contribution is 0.406. The maximum absolute atomic E-state index is 5.53. The fraction of sp³-hybridized carbons (Fsp3) is 0.364. The first-order valence-corrected chi connectivity index (χ1v) is 9.08. The minimum absolute atomic E-state index is 0.0329. The van der Waals surface area contributed by atoms with Gasteiger partial charge in [0.05, 0.1) is 11.2 Å². The van der Waals surface area contributed by atoms with Gasteiger partial charge in [0.15, 0.2) is 5.58 Å². The van der Waals surface area contributed by atoms with Crippen molar-refractivity contribution >= 4 is 21.9 Å². The summed E-state index contributed by atoms with van der Waals surface area (Å²) in [7, 11) is 0. The van der Waals surface area contributed by atoms with E-state index in [9.17, 15) is 0 Å². The van der Waals surface area contributed by atoms with Gasteiger partial charge in [0.25, 0.3) is 0 Å². The molecule has 0 atom stereocenters. The van der Waals surface area contributed by atoms with Gasteiger partial charge < -0.3 is 4.52 Å². The van der Waals surface area contributed by atoms with Crippen molar-refractivity contribution < 1.29 is 4.52 Å². The fourth-order valence-electron chi connectivity index (χ4n) is 3.71. The molecule has 26 heavy (non-hydrogen) atoms. The predicted octanol–water partition coefficient (Wildman–Crippen LogP) is 5.52. The Morgan fingerprint density at radius 1 is 0.962 bits per heavy atom. The van der Waals surface area contributed by atoms with Crippen molar-refractivity contribution in [2.75, 3.05) is 0 Å². The molecule has 4 heteroatoms. The summed E-state index contributed by atoms with van der Waals surface area (Å²) >= 11 is 0. The van der Waals surface area contributed by atoms with Crippen LogP contribution in [-0.2, 0) is 17.3 Å². The number of fused-ring (bicyclic) bond motifs is 2. The van der Waals surface area contributed by atoms with Crippen molar-refractivity contribution in [3.8, 4) is 0 Å². The summed E-state index contributed by atoms with van der Waals surface area (Å²) in [6, 6.07) is 14.6. The molecule has 2 aromatic carbocycles. The third-order valence-corrected chi connectivity index (χ3v) is 5.03. The molecular weight excluding hydrogens is 322 g/mol. The molecule has 134 valence electrons. The van der Waals surface area contributed by atoms with Crippen LogP contribution in [0.1, 0.15) is 51.6 Å². The van der Waals surface area contributed by atoms with Crippen LogP contribution in [0.25, 0.3) is 21.9 Å². The first-order chi connectivity index (χ1) is 12.3. The van der Waals surface area contributed by atoms with Crippen LogP contribution >= 0.6 is 0 Å². The highest BCUT2D eigenvalue weighted by Crippen LogP contribution is 2.34. The Bertz CT molecular complexity index is 1080. The van der Waals surface area contributed by atoms with Gasteiger partial charge in [0, 0.05) is 27.3 Å². The van der Waals surface area contributed by atoms with E-state index >= 15 is 0 Å². The Labute approximate surface area is 153 Å². The minimum atomic E-state index is -0.133. The highest BCUT2D eigenvalue weighted by molar-refractivity contribution is 5.83. The molecule has 0 aliphatic rings. The Hall–Kier alpha value is -2.62. The van der Waals surface area contributed by atoms with Gasteiger partial charge in [0.1, 0.15) is 0 Å². The molecule has 1 N–H and O–H groups in total. The predicted molar refractivity (Wildman–Crippen MR) is 106 cm³/mol. The van der Waals surface area contributed by atoms with Gasteiger partial charge in [-0.05, 0) is 36.2 Å². The number of rotatable bonds is 3. The van der Waals surface area contributed by atoms with E-state index in [4.69, 9.17) is 4.52 Å². The normalized spacial score (nSPS) is 13.0. The lowest BCUT2D eigenvalue weighted by atomic mass is 9.80. The number of aromatic nitrogens is 3. The molecule has 0 fully saturated rings. The molecule has 0 bridgehead atoms. The fourth-order valence-corrected chi connectivity index (χ4v) is 3.71. The van der Waals surface area contributed by atoms with Crippen LogP contribution in [0.4, 0.5) is 0 Å². The Morgan fingerprint density at radius 2 is 1.73 bits per heavy atom. The molecular formula is C22H25N3O. The van der Waals surface area contributed by atoms with E-state index in [2.05, 4.69) is 74.2 Å². The molecule has 0 aliphatic heterocycles. The zero-order valence-corrected chi connectivity index (χ0v) is 16.1. The van der Waals surface area contributed by atoms with Crippen LogP contribution in [-0.4, -0.2) is 15.4 Å². The van der Waals surface area contributed by atoms with Crippen LogP contribution in [0, 0.1) is 0 Å². The second kappa shape index (κ2) is 5.70. The quantitative estimate of drug-likeness (QED) is 0.531. The number of para-hydroxylation sites is 1. The van der Waals surface area contributed by atoms with Crippen molar-refractivity contribution in [3.05, 3.63) is 59.4 Å². The zero-order valence-electron chi connectivity index (χ0n) is 16.1. The van der Waals surface area contributed by atoms with Crippen LogP contribution in [0.15, 0.2) is 47.0 Å². The van der Waals surface area contributed by atoms with Crippen molar-refractivity contribution in [2.45, 2.75) is 51.9 Å². The van der Waals surface area contributed by atoms with Crippen molar-refractivity contribution in [3.63, 3.8) is 0 Å². The van der Waals surface area contributed by atoms with Gasteiger partial charge in [-0.2, -0.15) is 5.10 Å². The maximum Gasteiger partial charge on any atom is 0.167 e. The molecule has 0 saturated carbocycles. The third-order valence-electron chi connectivity index (χ3n) is 5.03. The van der Waals surface area contributed by atoms with Crippen molar-refractivity contribution in [2.24, 2.45) is 0 Å². The Kier molecular flexibility index (Phi) is 3.69. The standard InChI is InChI=1S/C22H25N3O/c1-21(2,3)19-16-12-14(10-11-17(16)23-24-19)13-22(4,5)20-15-8-6-7-9-18(15)26-25-20/h6-12H,13H2,1-5H3,(H,23,24). The number of H-pyrrole nitrogens is 1. The summed E-state index contributed by atoms with van der Waals surface area (Å²) in [6.45, 7) is 11.1. The monoisotopic (exact) mass is 347 g/mol.